The third-order valence-corrected chi connectivity index (χ3v) is 3.18. The summed E-state index contributed by atoms with van der Waals surface area (Å²) in [6, 6.07) is 10.8. The molecule has 0 aliphatic heterocycles. The minimum absolute atomic E-state index is 0.959. The van der Waals surface area contributed by atoms with Crippen molar-refractivity contribution in [2.45, 2.75) is 33.4 Å². The molecule has 1 aromatic heterocycles. The lowest BCUT2D eigenvalue weighted by atomic mass is 10.1. The van der Waals surface area contributed by atoms with Crippen molar-refractivity contribution in [3.8, 4) is 0 Å². The molecule has 0 unspecified atom stereocenters. The van der Waals surface area contributed by atoms with E-state index < -0.39 is 0 Å². The van der Waals surface area contributed by atoms with Crippen molar-refractivity contribution in [1.82, 2.24) is 9.88 Å². The highest BCUT2D eigenvalue weighted by atomic mass is 14.9. The zero-order valence-corrected chi connectivity index (χ0v) is 11.3. The van der Waals surface area contributed by atoms with Gasteiger partial charge in [0.25, 0.3) is 0 Å². The van der Waals surface area contributed by atoms with Gasteiger partial charge in [-0.15, -0.1) is 0 Å². The van der Waals surface area contributed by atoms with Crippen LogP contribution in [0.1, 0.15) is 30.0 Å². The molecule has 18 heavy (non-hydrogen) atoms. The SMILES string of the molecule is CCCNCc1ccn(Cc2ccccc2C)c1. The number of aromatic nitrogens is 1. The summed E-state index contributed by atoms with van der Waals surface area (Å²) < 4.78 is 2.26. The lowest BCUT2D eigenvalue weighted by Crippen LogP contribution is -2.13. The smallest absolute Gasteiger partial charge is 0.0472 e. The first-order valence-corrected chi connectivity index (χ1v) is 6.69. The summed E-state index contributed by atoms with van der Waals surface area (Å²) in [7, 11) is 0. The van der Waals surface area contributed by atoms with Crippen LogP contribution in [0.4, 0.5) is 0 Å². The van der Waals surface area contributed by atoms with Gasteiger partial charge in [0.2, 0.25) is 0 Å². The van der Waals surface area contributed by atoms with E-state index in [9.17, 15) is 0 Å². The van der Waals surface area contributed by atoms with Crippen LogP contribution in [0.3, 0.4) is 0 Å². The second-order valence-corrected chi connectivity index (χ2v) is 4.80. The fourth-order valence-electron chi connectivity index (χ4n) is 2.09. The maximum Gasteiger partial charge on any atom is 0.0472 e. The summed E-state index contributed by atoms with van der Waals surface area (Å²) in [4.78, 5) is 0. The van der Waals surface area contributed by atoms with Gasteiger partial charge in [0.05, 0.1) is 0 Å². The molecular weight excluding hydrogens is 220 g/mol. The molecular formula is C16H22N2. The van der Waals surface area contributed by atoms with Gasteiger partial charge in [0.15, 0.2) is 0 Å². The van der Waals surface area contributed by atoms with Crippen molar-refractivity contribution in [1.29, 1.82) is 0 Å². The highest BCUT2D eigenvalue weighted by molar-refractivity contribution is 5.26. The largest absolute Gasteiger partial charge is 0.350 e. The quantitative estimate of drug-likeness (QED) is 0.769. The second-order valence-electron chi connectivity index (χ2n) is 4.80. The second kappa shape index (κ2) is 6.41. The first kappa shape index (κ1) is 12.9. The average Bonchev–Trinajstić information content (AvgIpc) is 2.80. The van der Waals surface area contributed by atoms with Crippen LogP contribution in [-0.2, 0) is 13.1 Å². The molecule has 1 heterocycles. The van der Waals surface area contributed by atoms with Crippen LogP contribution in [-0.4, -0.2) is 11.1 Å². The van der Waals surface area contributed by atoms with Gasteiger partial charge in [-0.1, -0.05) is 31.2 Å². The minimum Gasteiger partial charge on any atom is -0.350 e. The molecule has 2 heteroatoms. The summed E-state index contributed by atoms with van der Waals surface area (Å²) in [5, 5.41) is 3.43. The van der Waals surface area contributed by atoms with Gasteiger partial charge in [0, 0.05) is 25.5 Å². The molecule has 0 aliphatic carbocycles. The molecule has 0 saturated carbocycles. The Labute approximate surface area is 110 Å². The lowest BCUT2D eigenvalue weighted by Gasteiger charge is -2.06. The Hall–Kier alpha value is -1.54. The van der Waals surface area contributed by atoms with Crippen molar-refractivity contribution in [2.24, 2.45) is 0 Å². The Kier molecular flexibility index (Phi) is 4.59. The summed E-state index contributed by atoms with van der Waals surface area (Å²) in [6.07, 6.45) is 5.58. The number of benzene rings is 1. The molecule has 0 amide bonds. The third kappa shape index (κ3) is 3.47. The lowest BCUT2D eigenvalue weighted by molar-refractivity contribution is 0.673. The summed E-state index contributed by atoms with van der Waals surface area (Å²) >= 11 is 0. The van der Waals surface area contributed by atoms with Crippen molar-refractivity contribution in [3.05, 3.63) is 59.4 Å². The molecule has 0 aliphatic rings. The van der Waals surface area contributed by atoms with Crippen LogP contribution < -0.4 is 5.32 Å². The predicted molar refractivity (Wildman–Crippen MR) is 76.7 cm³/mol. The zero-order valence-electron chi connectivity index (χ0n) is 11.3. The van der Waals surface area contributed by atoms with E-state index in [1.807, 2.05) is 0 Å². The van der Waals surface area contributed by atoms with Gasteiger partial charge in [-0.2, -0.15) is 0 Å². The van der Waals surface area contributed by atoms with Gasteiger partial charge in [-0.25, -0.2) is 0 Å². The van der Waals surface area contributed by atoms with Crippen LogP contribution in [0.5, 0.6) is 0 Å². The molecule has 2 aromatic rings. The molecule has 0 bridgehead atoms. The van der Waals surface area contributed by atoms with Crippen molar-refractivity contribution in [2.75, 3.05) is 6.54 Å². The minimum atomic E-state index is 0.959. The molecule has 2 rings (SSSR count). The van der Waals surface area contributed by atoms with E-state index in [0.29, 0.717) is 0 Å². The van der Waals surface area contributed by atoms with Crippen LogP contribution in [0, 0.1) is 6.92 Å². The number of hydrogen-bond donors (Lipinski definition) is 1. The maximum atomic E-state index is 3.43. The van der Waals surface area contributed by atoms with Gasteiger partial charge in [0.1, 0.15) is 0 Å². The van der Waals surface area contributed by atoms with Crippen molar-refractivity contribution in [3.63, 3.8) is 0 Å². The standard InChI is InChI=1S/C16H22N2/c1-3-9-17-11-15-8-10-18(12-15)13-16-7-5-4-6-14(16)2/h4-8,10,12,17H,3,9,11,13H2,1-2H3. The highest BCUT2D eigenvalue weighted by Crippen LogP contribution is 2.10. The predicted octanol–water partition coefficient (Wildman–Crippen LogP) is 3.34. The third-order valence-electron chi connectivity index (χ3n) is 3.18. The van der Waals surface area contributed by atoms with Gasteiger partial charge in [-0.05, 0) is 42.6 Å². The summed E-state index contributed by atoms with van der Waals surface area (Å²) in [5.41, 5.74) is 4.11. The molecule has 0 fully saturated rings. The number of nitrogens with one attached hydrogen (secondary N) is 1. The molecule has 0 spiro atoms. The number of rotatable bonds is 6. The fourth-order valence-corrected chi connectivity index (χ4v) is 2.09. The highest BCUT2D eigenvalue weighted by Gasteiger charge is 2.00. The molecule has 0 atom stereocenters. The number of nitrogens with zero attached hydrogens (tertiary/aromatic N) is 1. The maximum absolute atomic E-state index is 3.43. The number of hydrogen-bond acceptors (Lipinski definition) is 1. The van der Waals surface area contributed by atoms with Crippen LogP contribution in [0.25, 0.3) is 0 Å². The monoisotopic (exact) mass is 242 g/mol. The Balaban J connectivity index is 1.96. The molecule has 2 nitrogen and oxygen atoms in total. The molecule has 0 saturated heterocycles. The molecule has 96 valence electrons. The van der Waals surface area contributed by atoms with Gasteiger partial charge >= 0.3 is 0 Å². The van der Waals surface area contributed by atoms with Crippen LogP contribution in [0.2, 0.25) is 0 Å². The van der Waals surface area contributed by atoms with Crippen LogP contribution in [0.15, 0.2) is 42.7 Å². The summed E-state index contributed by atoms with van der Waals surface area (Å²) in [6.45, 7) is 7.37. The molecule has 0 radical (unpaired) electrons. The Morgan fingerprint density at radius 2 is 2.00 bits per heavy atom. The van der Waals surface area contributed by atoms with E-state index in [0.717, 1.165) is 19.6 Å². The van der Waals surface area contributed by atoms with Crippen LogP contribution >= 0.6 is 0 Å². The van der Waals surface area contributed by atoms with E-state index in [-0.39, 0.29) is 0 Å². The zero-order chi connectivity index (χ0) is 12.8. The van der Waals surface area contributed by atoms with E-state index >= 15 is 0 Å². The van der Waals surface area contributed by atoms with E-state index in [1.54, 1.807) is 0 Å². The Morgan fingerprint density at radius 3 is 2.78 bits per heavy atom. The fraction of sp³-hybridized carbons (Fsp3) is 0.375. The van der Waals surface area contributed by atoms with Gasteiger partial charge < -0.3 is 9.88 Å². The van der Waals surface area contributed by atoms with E-state index in [4.69, 9.17) is 0 Å². The Bertz CT molecular complexity index is 485. The van der Waals surface area contributed by atoms with E-state index in [2.05, 4.69) is 66.5 Å². The molecule has 1 N–H and O–H groups in total. The topological polar surface area (TPSA) is 17.0 Å². The normalized spacial score (nSPS) is 10.8. The van der Waals surface area contributed by atoms with Gasteiger partial charge in [-0.3, -0.25) is 0 Å². The first-order chi connectivity index (χ1) is 8.79. The van der Waals surface area contributed by atoms with Crippen molar-refractivity contribution < 1.29 is 0 Å². The summed E-state index contributed by atoms with van der Waals surface area (Å²) in [5.74, 6) is 0. The first-order valence-electron chi connectivity index (χ1n) is 6.69. The van der Waals surface area contributed by atoms with Crippen molar-refractivity contribution >= 4 is 0 Å². The average molecular weight is 242 g/mol. The Morgan fingerprint density at radius 1 is 1.17 bits per heavy atom. The van der Waals surface area contributed by atoms with E-state index in [1.165, 1.54) is 23.1 Å². The number of aryl methyl sites for hydroxylation is 1. The molecule has 1 aromatic carbocycles.